The highest BCUT2D eigenvalue weighted by molar-refractivity contribution is 6.30. The van der Waals surface area contributed by atoms with Gasteiger partial charge in [-0.15, -0.1) is 5.10 Å². The van der Waals surface area contributed by atoms with Crippen molar-refractivity contribution < 1.29 is 4.79 Å². The Kier molecular flexibility index (Phi) is 4.02. The first-order chi connectivity index (χ1) is 10.7. The van der Waals surface area contributed by atoms with Gasteiger partial charge in [0.25, 0.3) is 0 Å². The molecule has 22 heavy (non-hydrogen) atoms. The van der Waals surface area contributed by atoms with Gasteiger partial charge in [-0.05, 0) is 36.8 Å². The quantitative estimate of drug-likeness (QED) is 0.691. The molecule has 4 nitrogen and oxygen atoms in total. The molecule has 2 aromatic carbocycles. The zero-order valence-electron chi connectivity index (χ0n) is 12.0. The van der Waals surface area contributed by atoms with Crippen LogP contribution in [0, 0.1) is 6.92 Å². The molecule has 110 valence electrons. The molecule has 0 N–H and O–H groups in total. The summed E-state index contributed by atoms with van der Waals surface area (Å²) in [4.78, 5) is 11.2. The number of hydrogen-bond acceptors (Lipinski definition) is 3. The van der Waals surface area contributed by atoms with Crippen LogP contribution in [0.5, 0.6) is 0 Å². The maximum atomic E-state index is 11.2. The van der Waals surface area contributed by atoms with Crippen LogP contribution < -0.4 is 0 Å². The van der Waals surface area contributed by atoms with Crippen molar-refractivity contribution in [2.75, 3.05) is 0 Å². The molecular formula is C17H14ClN3O. The van der Waals surface area contributed by atoms with Gasteiger partial charge in [-0.2, -0.15) is 0 Å². The van der Waals surface area contributed by atoms with E-state index in [1.807, 2.05) is 55.5 Å². The van der Waals surface area contributed by atoms with Gasteiger partial charge in [-0.25, -0.2) is 4.68 Å². The number of carbonyl (C=O) groups excluding carboxylic acids is 1. The van der Waals surface area contributed by atoms with Gasteiger partial charge in [0.2, 0.25) is 0 Å². The van der Waals surface area contributed by atoms with Crippen molar-refractivity contribution in [3.05, 3.63) is 76.1 Å². The van der Waals surface area contributed by atoms with Gasteiger partial charge in [0, 0.05) is 11.4 Å². The van der Waals surface area contributed by atoms with E-state index in [4.69, 9.17) is 11.6 Å². The third kappa shape index (κ3) is 2.92. The lowest BCUT2D eigenvalue weighted by atomic mass is 10.1. The summed E-state index contributed by atoms with van der Waals surface area (Å²) in [6.45, 7) is 2.02. The first-order valence-electron chi connectivity index (χ1n) is 6.88. The van der Waals surface area contributed by atoms with Crippen LogP contribution in [0.1, 0.15) is 27.3 Å². The summed E-state index contributed by atoms with van der Waals surface area (Å²) in [5, 5.41) is 8.76. The molecular weight excluding hydrogens is 298 g/mol. The molecule has 0 unspecified atom stereocenters. The zero-order valence-corrected chi connectivity index (χ0v) is 12.8. The molecule has 0 radical (unpaired) electrons. The minimum absolute atomic E-state index is 0.357. The van der Waals surface area contributed by atoms with Crippen molar-refractivity contribution in [3.8, 4) is 5.69 Å². The van der Waals surface area contributed by atoms with E-state index in [1.165, 1.54) is 5.56 Å². The SMILES string of the molecule is Cc1ccc(-n2nnc(C=O)c2Cc2ccc(Cl)cc2)cc1. The molecule has 1 aromatic heterocycles. The third-order valence-electron chi connectivity index (χ3n) is 3.47. The second-order valence-electron chi connectivity index (χ2n) is 5.09. The van der Waals surface area contributed by atoms with Crippen LogP contribution >= 0.6 is 11.6 Å². The highest BCUT2D eigenvalue weighted by Crippen LogP contribution is 2.18. The monoisotopic (exact) mass is 311 g/mol. The van der Waals surface area contributed by atoms with Crippen LogP contribution in [0.4, 0.5) is 0 Å². The molecule has 0 aliphatic carbocycles. The van der Waals surface area contributed by atoms with E-state index in [0.717, 1.165) is 23.2 Å². The number of aryl methyl sites for hydroxylation is 1. The topological polar surface area (TPSA) is 47.8 Å². The zero-order chi connectivity index (χ0) is 15.5. The molecule has 0 aliphatic rings. The normalized spacial score (nSPS) is 10.6. The molecule has 0 saturated carbocycles. The fourth-order valence-corrected chi connectivity index (χ4v) is 2.39. The Balaban J connectivity index is 2.01. The predicted molar refractivity (Wildman–Crippen MR) is 85.7 cm³/mol. The Labute approximate surface area is 133 Å². The van der Waals surface area contributed by atoms with Crippen molar-refractivity contribution in [1.29, 1.82) is 0 Å². The van der Waals surface area contributed by atoms with Gasteiger partial charge in [0.15, 0.2) is 6.29 Å². The van der Waals surface area contributed by atoms with Crippen molar-refractivity contribution in [1.82, 2.24) is 15.0 Å². The van der Waals surface area contributed by atoms with Gasteiger partial charge in [0.05, 0.1) is 11.4 Å². The molecule has 1 heterocycles. The summed E-state index contributed by atoms with van der Waals surface area (Å²) in [5.41, 5.74) is 4.22. The summed E-state index contributed by atoms with van der Waals surface area (Å²) in [6, 6.07) is 15.5. The number of nitrogens with zero attached hydrogens (tertiary/aromatic N) is 3. The number of benzene rings is 2. The fourth-order valence-electron chi connectivity index (χ4n) is 2.26. The lowest BCUT2D eigenvalue weighted by Gasteiger charge is -2.07. The molecule has 0 amide bonds. The Hall–Kier alpha value is -2.46. The first kappa shape index (κ1) is 14.5. The molecule has 5 heteroatoms. The summed E-state index contributed by atoms with van der Waals surface area (Å²) in [7, 11) is 0. The van der Waals surface area contributed by atoms with Gasteiger partial charge in [-0.1, -0.05) is 46.6 Å². The van der Waals surface area contributed by atoms with Gasteiger partial charge < -0.3 is 0 Å². The van der Waals surface area contributed by atoms with Crippen LogP contribution in [-0.2, 0) is 6.42 Å². The van der Waals surface area contributed by atoms with Crippen molar-refractivity contribution in [2.24, 2.45) is 0 Å². The van der Waals surface area contributed by atoms with E-state index in [1.54, 1.807) is 4.68 Å². The standard InChI is InChI=1S/C17H14ClN3O/c1-12-2-8-15(9-3-12)21-17(16(11-22)19-20-21)10-13-4-6-14(18)7-5-13/h2-9,11H,10H2,1H3. The summed E-state index contributed by atoms with van der Waals surface area (Å²) in [5.74, 6) is 0. The van der Waals surface area contributed by atoms with Crippen LogP contribution in [0.25, 0.3) is 5.69 Å². The maximum Gasteiger partial charge on any atom is 0.172 e. The van der Waals surface area contributed by atoms with E-state index in [2.05, 4.69) is 10.3 Å². The molecule has 0 bridgehead atoms. The predicted octanol–water partition coefficient (Wildman–Crippen LogP) is 3.63. The highest BCUT2D eigenvalue weighted by atomic mass is 35.5. The fraction of sp³-hybridized carbons (Fsp3) is 0.118. The second-order valence-corrected chi connectivity index (χ2v) is 5.53. The largest absolute Gasteiger partial charge is 0.296 e. The smallest absolute Gasteiger partial charge is 0.172 e. The maximum absolute atomic E-state index is 11.2. The van der Waals surface area contributed by atoms with Crippen LogP contribution in [0.2, 0.25) is 5.02 Å². The van der Waals surface area contributed by atoms with Crippen molar-refractivity contribution >= 4 is 17.9 Å². The van der Waals surface area contributed by atoms with Gasteiger partial charge in [-0.3, -0.25) is 4.79 Å². The van der Waals surface area contributed by atoms with E-state index in [-0.39, 0.29) is 0 Å². The second kappa shape index (κ2) is 6.12. The Morgan fingerprint density at radius 1 is 1.09 bits per heavy atom. The van der Waals surface area contributed by atoms with E-state index in [0.29, 0.717) is 17.1 Å². The molecule has 0 aliphatic heterocycles. The lowest BCUT2D eigenvalue weighted by molar-refractivity contribution is 0.111. The van der Waals surface area contributed by atoms with E-state index in [9.17, 15) is 4.79 Å². The third-order valence-corrected chi connectivity index (χ3v) is 3.72. The molecule has 3 aromatic rings. The Bertz CT molecular complexity index is 792. The van der Waals surface area contributed by atoms with Crippen molar-refractivity contribution in [2.45, 2.75) is 13.3 Å². The highest BCUT2D eigenvalue weighted by Gasteiger charge is 2.14. The molecule has 0 spiro atoms. The summed E-state index contributed by atoms with van der Waals surface area (Å²) >= 11 is 5.91. The Morgan fingerprint density at radius 2 is 1.77 bits per heavy atom. The molecule has 0 saturated heterocycles. The minimum atomic E-state index is 0.357. The lowest BCUT2D eigenvalue weighted by Crippen LogP contribution is -2.04. The van der Waals surface area contributed by atoms with Crippen molar-refractivity contribution in [3.63, 3.8) is 0 Å². The summed E-state index contributed by atoms with van der Waals surface area (Å²) < 4.78 is 1.71. The molecule has 0 fully saturated rings. The van der Waals surface area contributed by atoms with Crippen LogP contribution in [0.3, 0.4) is 0 Å². The minimum Gasteiger partial charge on any atom is -0.296 e. The van der Waals surface area contributed by atoms with Crippen LogP contribution in [-0.4, -0.2) is 21.3 Å². The van der Waals surface area contributed by atoms with E-state index >= 15 is 0 Å². The molecule has 3 rings (SSSR count). The number of rotatable bonds is 4. The number of hydrogen-bond donors (Lipinski definition) is 0. The Morgan fingerprint density at radius 3 is 2.41 bits per heavy atom. The number of halogens is 1. The molecule has 0 atom stereocenters. The number of carbonyl (C=O) groups is 1. The first-order valence-corrected chi connectivity index (χ1v) is 7.26. The van der Waals surface area contributed by atoms with Gasteiger partial charge >= 0.3 is 0 Å². The van der Waals surface area contributed by atoms with Crippen LogP contribution in [0.15, 0.2) is 48.5 Å². The van der Waals surface area contributed by atoms with Gasteiger partial charge in [0.1, 0.15) is 5.69 Å². The number of aromatic nitrogens is 3. The number of aldehydes is 1. The summed E-state index contributed by atoms with van der Waals surface area (Å²) in [6.07, 6.45) is 1.30. The average Bonchev–Trinajstić information content (AvgIpc) is 2.93. The van der Waals surface area contributed by atoms with E-state index < -0.39 is 0 Å². The average molecular weight is 312 g/mol.